The number of aromatic nitrogens is 2. The number of ether oxygens (including phenoxy) is 1. The van der Waals surface area contributed by atoms with Crippen LogP contribution in [0, 0.1) is 12.3 Å². The molecule has 1 heterocycles. The van der Waals surface area contributed by atoms with Crippen molar-refractivity contribution in [3.8, 4) is 5.88 Å². The van der Waals surface area contributed by atoms with Crippen LogP contribution in [-0.4, -0.2) is 21.2 Å². The van der Waals surface area contributed by atoms with Crippen molar-refractivity contribution in [1.29, 1.82) is 5.41 Å². The largest absolute Gasteiger partial charge is 0.471 e. The van der Waals surface area contributed by atoms with Gasteiger partial charge < -0.3 is 10.5 Å². The number of nitrogens with two attached hydrogens (primary N) is 1. The summed E-state index contributed by atoms with van der Waals surface area (Å²) in [7, 11) is 1.79. The first-order valence-electron chi connectivity index (χ1n) is 5.35. The lowest BCUT2D eigenvalue weighted by Gasteiger charge is -2.25. The maximum absolute atomic E-state index is 7.54. The number of nitrogens with one attached hydrogen (secondary N) is 1. The van der Waals surface area contributed by atoms with Crippen molar-refractivity contribution in [2.45, 2.75) is 39.7 Å². The van der Waals surface area contributed by atoms with Crippen LogP contribution in [0.5, 0.6) is 5.88 Å². The second-order valence-corrected chi connectivity index (χ2v) is 4.52. The third-order valence-corrected chi connectivity index (χ3v) is 2.66. The van der Waals surface area contributed by atoms with Crippen molar-refractivity contribution >= 4 is 5.84 Å². The maximum atomic E-state index is 7.54. The molecule has 0 radical (unpaired) electrons. The summed E-state index contributed by atoms with van der Waals surface area (Å²) in [6.07, 6.45) is 0.870. The fourth-order valence-electron chi connectivity index (χ4n) is 1.40. The molecule has 0 bridgehead atoms. The molecule has 0 aliphatic carbocycles. The monoisotopic (exact) mass is 224 g/mol. The van der Waals surface area contributed by atoms with Gasteiger partial charge in [0.25, 0.3) is 0 Å². The average molecular weight is 224 g/mol. The molecule has 0 amide bonds. The van der Waals surface area contributed by atoms with Crippen LogP contribution < -0.4 is 10.5 Å². The van der Waals surface area contributed by atoms with Crippen LogP contribution in [0.25, 0.3) is 0 Å². The molecule has 0 unspecified atom stereocenters. The van der Waals surface area contributed by atoms with Crippen LogP contribution in [-0.2, 0) is 7.05 Å². The van der Waals surface area contributed by atoms with E-state index in [2.05, 4.69) is 12.0 Å². The number of rotatable bonds is 4. The summed E-state index contributed by atoms with van der Waals surface area (Å²) in [4.78, 5) is 0. The molecule has 0 aliphatic rings. The quantitative estimate of drug-likeness (QED) is 0.602. The summed E-state index contributed by atoms with van der Waals surface area (Å²) >= 11 is 0. The number of aryl methyl sites for hydroxylation is 2. The van der Waals surface area contributed by atoms with Gasteiger partial charge in [-0.25, -0.2) is 4.68 Å². The highest BCUT2D eigenvalue weighted by Gasteiger charge is 2.24. The van der Waals surface area contributed by atoms with Crippen LogP contribution in [0.4, 0.5) is 0 Å². The van der Waals surface area contributed by atoms with Crippen molar-refractivity contribution in [2.24, 2.45) is 12.8 Å². The van der Waals surface area contributed by atoms with E-state index in [4.69, 9.17) is 15.9 Å². The highest BCUT2D eigenvalue weighted by Crippen LogP contribution is 2.26. The number of nitrogens with zero attached hydrogens (tertiary/aromatic N) is 2. The van der Waals surface area contributed by atoms with Crippen LogP contribution in [0.15, 0.2) is 0 Å². The van der Waals surface area contributed by atoms with Gasteiger partial charge in [0.1, 0.15) is 17.0 Å². The van der Waals surface area contributed by atoms with Crippen molar-refractivity contribution in [3.05, 3.63) is 11.3 Å². The lowest BCUT2D eigenvalue weighted by Crippen LogP contribution is -2.29. The molecule has 3 N–H and O–H groups in total. The summed E-state index contributed by atoms with van der Waals surface area (Å²) < 4.78 is 7.50. The smallest absolute Gasteiger partial charge is 0.223 e. The minimum Gasteiger partial charge on any atom is -0.471 e. The Hall–Kier alpha value is -1.52. The third-order valence-electron chi connectivity index (χ3n) is 2.66. The number of hydrogen-bond donors (Lipinski definition) is 2. The topological polar surface area (TPSA) is 76.9 Å². The predicted octanol–water partition coefficient (Wildman–Crippen LogP) is 1.58. The summed E-state index contributed by atoms with van der Waals surface area (Å²) in [5.41, 5.74) is 6.56. The van der Waals surface area contributed by atoms with Gasteiger partial charge in [0.05, 0.1) is 5.69 Å². The van der Waals surface area contributed by atoms with Gasteiger partial charge in [0, 0.05) is 7.05 Å². The molecule has 5 heteroatoms. The highest BCUT2D eigenvalue weighted by atomic mass is 16.5. The zero-order chi connectivity index (χ0) is 12.5. The van der Waals surface area contributed by atoms with Crippen molar-refractivity contribution in [1.82, 2.24) is 9.78 Å². The number of amidine groups is 1. The Labute approximate surface area is 96.1 Å². The molecular weight excluding hydrogens is 204 g/mol. The maximum Gasteiger partial charge on any atom is 0.223 e. The molecule has 0 saturated heterocycles. The van der Waals surface area contributed by atoms with E-state index in [1.807, 2.05) is 20.8 Å². The van der Waals surface area contributed by atoms with E-state index in [1.54, 1.807) is 11.7 Å². The van der Waals surface area contributed by atoms with Crippen molar-refractivity contribution < 1.29 is 4.74 Å². The molecule has 0 atom stereocenters. The van der Waals surface area contributed by atoms with E-state index in [-0.39, 0.29) is 11.4 Å². The van der Waals surface area contributed by atoms with Crippen LogP contribution in [0.1, 0.15) is 38.4 Å². The van der Waals surface area contributed by atoms with Gasteiger partial charge >= 0.3 is 0 Å². The molecule has 90 valence electrons. The first-order chi connectivity index (χ1) is 7.28. The first-order valence-corrected chi connectivity index (χ1v) is 5.35. The lowest BCUT2D eigenvalue weighted by atomic mass is 10.1. The fourth-order valence-corrected chi connectivity index (χ4v) is 1.40. The van der Waals surface area contributed by atoms with Gasteiger partial charge in [-0.3, -0.25) is 5.41 Å². The van der Waals surface area contributed by atoms with Crippen LogP contribution >= 0.6 is 0 Å². The minimum absolute atomic E-state index is 0.00694. The van der Waals surface area contributed by atoms with E-state index in [1.165, 1.54) is 0 Å². The van der Waals surface area contributed by atoms with Gasteiger partial charge in [-0.05, 0) is 27.2 Å². The Morgan fingerprint density at radius 1 is 1.56 bits per heavy atom. The van der Waals surface area contributed by atoms with Gasteiger partial charge in [-0.15, -0.1) is 0 Å². The van der Waals surface area contributed by atoms with Crippen molar-refractivity contribution in [2.75, 3.05) is 0 Å². The molecule has 0 saturated carbocycles. The molecule has 16 heavy (non-hydrogen) atoms. The molecular formula is C11H20N4O. The Morgan fingerprint density at radius 2 is 2.12 bits per heavy atom. The predicted molar refractivity (Wildman–Crippen MR) is 64.0 cm³/mol. The normalized spacial score (nSPS) is 11.6. The second kappa shape index (κ2) is 4.15. The highest BCUT2D eigenvalue weighted by molar-refractivity contribution is 5.98. The van der Waals surface area contributed by atoms with E-state index in [9.17, 15) is 0 Å². The molecule has 1 aromatic heterocycles. The number of nitrogen functional groups attached to an aromatic ring is 1. The van der Waals surface area contributed by atoms with Crippen LogP contribution in [0.3, 0.4) is 0 Å². The zero-order valence-electron chi connectivity index (χ0n) is 10.6. The molecule has 0 spiro atoms. The van der Waals surface area contributed by atoms with Gasteiger partial charge in [-0.1, -0.05) is 6.92 Å². The Morgan fingerprint density at radius 3 is 2.56 bits per heavy atom. The second-order valence-electron chi connectivity index (χ2n) is 4.52. The zero-order valence-corrected chi connectivity index (χ0v) is 10.6. The molecule has 0 aromatic carbocycles. The van der Waals surface area contributed by atoms with Gasteiger partial charge in [0.2, 0.25) is 5.88 Å². The van der Waals surface area contributed by atoms with Crippen molar-refractivity contribution in [3.63, 3.8) is 0 Å². The standard InChI is InChI=1S/C11H20N4O/c1-6-11(3,4)16-10-8(9(12)13)7(2)14-15(10)5/h6H2,1-5H3,(H3,12,13). The summed E-state index contributed by atoms with van der Waals surface area (Å²) in [6, 6.07) is 0. The van der Waals surface area contributed by atoms with Gasteiger partial charge in [-0.2, -0.15) is 5.10 Å². The average Bonchev–Trinajstić information content (AvgIpc) is 2.41. The summed E-state index contributed by atoms with van der Waals surface area (Å²) in [6.45, 7) is 7.87. The SMILES string of the molecule is CCC(C)(C)Oc1c(C(=N)N)c(C)nn1C. The Kier molecular flexibility index (Phi) is 3.26. The fraction of sp³-hybridized carbons (Fsp3) is 0.636. The van der Waals surface area contributed by atoms with E-state index >= 15 is 0 Å². The lowest BCUT2D eigenvalue weighted by molar-refractivity contribution is 0.0929. The molecule has 1 rings (SSSR count). The Balaban J connectivity index is 3.18. The Bertz CT molecular complexity index is 406. The third kappa shape index (κ3) is 2.35. The summed E-state index contributed by atoms with van der Waals surface area (Å²) in [5.74, 6) is 0.560. The molecule has 0 aliphatic heterocycles. The van der Waals surface area contributed by atoms with E-state index in [0.717, 1.165) is 12.1 Å². The number of hydrogen-bond acceptors (Lipinski definition) is 3. The molecule has 5 nitrogen and oxygen atoms in total. The van der Waals surface area contributed by atoms with Crippen LogP contribution in [0.2, 0.25) is 0 Å². The first kappa shape index (κ1) is 12.5. The van der Waals surface area contributed by atoms with E-state index < -0.39 is 0 Å². The molecule has 1 aromatic rings. The van der Waals surface area contributed by atoms with E-state index in [0.29, 0.717) is 11.4 Å². The molecule has 0 fully saturated rings. The minimum atomic E-state index is -0.287. The summed E-state index contributed by atoms with van der Waals surface area (Å²) in [5, 5.41) is 11.8. The van der Waals surface area contributed by atoms with Gasteiger partial charge in [0.15, 0.2) is 0 Å².